The number of hydrogen-bond acceptors (Lipinski definition) is 7. The maximum Gasteiger partial charge on any atom is 0.230 e. The highest BCUT2D eigenvalue weighted by Gasteiger charge is 2.10. The van der Waals surface area contributed by atoms with Gasteiger partial charge in [-0.05, 0) is 25.3 Å². The Bertz CT molecular complexity index is 710. The van der Waals surface area contributed by atoms with Crippen molar-refractivity contribution >= 4 is 29.6 Å². The Kier molecular flexibility index (Phi) is 7.65. The van der Waals surface area contributed by atoms with Gasteiger partial charge in [-0.2, -0.15) is 15.0 Å². The number of aryl methyl sites for hydroxylation is 1. The molecule has 8 heteroatoms. The van der Waals surface area contributed by atoms with Gasteiger partial charge in [-0.1, -0.05) is 30.3 Å². The van der Waals surface area contributed by atoms with Gasteiger partial charge in [0.15, 0.2) is 0 Å². The Labute approximate surface area is 158 Å². The Hall–Kier alpha value is -2.35. The van der Waals surface area contributed by atoms with Crippen LogP contribution in [-0.4, -0.2) is 46.7 Å². The molecule has 7 nitrogen and oxygen atoms in total. The third-order valence-corrected chi connectivity index (χ3v) is 4.60. The SMILES string of the molecule is C[C@@H](CCc1ccccc1)NC(=O)CSCc1nc(N)nc(N(C)C)n1. The molecule has 0 bridgehead atoms. The Morgan fingerprint density at radius 1 is 1.23 bits per heavy atom. The number of nitrogens with one attached hydrogen (secondary N) is 1. The van der Waals surface area contributed by atoms with Gasteiger partial charge in [-0.3, -0.25) is 4.79 Å². The number of amides is 1. The van der Waals surface area contributed by atoms with Crippen molar-refractivity contribution in [3.63, 3.8) is 0 Å². The minimum atomic E-state index is 0.0189. The first-order valence-electron chi connectivity index (χ1n) is 8.53. The highest BCUT2D eigenvalue weighted by molar-refractivity contribution is 7.99. The van der Waals surface area contributed by atoms with Crippen LogP contribution in [0.4, 0.5) is 11.9 Å². The van der Waals surface area contributed by atoms with Crippen molar-refractivity contribution in [3.8, 4) is 0 Å². The highest BCUT2D eigenvalue weighted by atomic mass is 32.2. The lowest BCUT2D eigenvalue weighted by Gasteiger charge is -2.14. The van der Waals surface area contributed by atoms with Crippen molar-refractivity contribution < 1.29 is 4.79 Å². The summed E-state index contributed by atoms with van der Waals surface area (Å²) in [6.45, 7) is 2.03. The maximum absolute atomic E-state index is 12.1. The van der Waals surface area contributed by atoms with E-state index in [0.717, 1.165) is 12.8 Å². The summed E-state index contributed by atoms with van der Waals surface area (Å²) in [6.07, 6.45) is 1.86. The number of benzene rings is 1. The molecular formula is C18H26N6OS. The molecule has 0 unspecified atom stereocenters. The van der Waals surface area contributed by atoms with Crippen LogP contribution in [0.3, 0.4) is 0 Å². The lowest BCUT2D eigenvalue weighted by Crippen LogP contribution is -2.34. The quantitative estimate of drug-likeness (QED) is 0.692. The van der Waals surface area contributed by atoms with Gasteiger partial charge in [0, 0.05) is 20.1 Å². The van der Waals surface area contributed by atoms with Crippen LogP contribution in [0.1, 0.15) is 24.7 Å². The first kappa shape index (κ1) is 20.0. The molecule has 140 valence electrons. The average molecular weight is 375 g/mol. The summed E-state index contributed by atoms with van der Waals surface area (Å²) in [5.41, 5.74) is 6.98. The van der Waals surface area contributed by atoms with Crippen LogP contribution in [0, 0.1) is 0 Å². The van der Waals surface area contributed by atoms with E-state index >= 15 is 0 Å². The predicted molar refractivity (Wildman–Crippen MR) is 107 cm³/mol. The molecule has 2 aromatic rings. The fourth-order valence-electron chi connectivity index (χ4n) is 2.34. The molecule has 0 aliphatic rings. The third kappa shape index (κ3) is 6.87. The van der Waals surface area contributed by atoms with Crippen molar-refractivity contribution in [3.05, 3.63) is 41.7 Å². The number of aromatic nitrogens is 3. The van der Waals surface area contributed by atoms with E-state index in [1.165, 1.54) is 17.3 Å². The number of carbonyl (C=O) groups is 1. The maximum atomic E-state index is 12.1. The van der Waals surface area contributed by atoms with E-state index in [2.05, 4.69) is 32.4 Å². The zero-order valence-corrected chi connectivity index (χ0v) is 16.3. The molecule has 0 saturated heterocycles. The monoisotopic (exact) mass is 374 g/mol. The standard InChI is InChI=1S/C18H26N6OS/c1-13(9-10-14-7-5-4-6-8-14)20-16(25)12-26-11-15-21-17(19)23-18(22-15)24(2)3/h4-8,13H,9-12H2,1-3H3,(H,20,25)(H2,19,21,22,23)/t13-/m0/s1. The summed E-state index contributed by atoms with van der Waals surface area (Å²) in [5.74, 6) is 2.18. The number of nitrogens with zero attached hydrogens (tertiary/aromatic N) is 4. The van der Waals surface area contributed by atoms with Crippen molar-refractivity contribution in [2.75, 3.05) is 30.5 Å². The van der Waals surface area contributed by atoms with Crippen molar-refractivity contribution in [1.82, 2.24) is 20.3 Å². The molecule has 26 heavy (non-hydrogen) atoms. The summed E-state index contributed by atoms with van der Waals surface area (Å²) in [4.78, 5) is 26.3. The van der Waals surface area contributed by atoms with Crippen molar-refractivity contribution in [1.29, 1.82) is 0 Å². The fraction of sp³-hybridized carbons (Fsp3) is 0.444. The van der Waals surface area contributed by atoms with Gasteiger partial charge in [-0.15, -0.1) is 11.8 Å². The molecule has 1 aromatic carbocycles. The van der Waals surface area contributed by atoms with Gasteiger partial charge in [0.2, 0.25) is 17.8 Å². The minimum Gasteiger partial charge on any atom is -0.368 e. The van der Waals surface area contributed by atoms with Crippen LogP contribution in [0.25, 0.3) is 0 Å². The molecule has 1 heterocycles. The summed E-state index contributed by atoms with van der Waals surface area (Å²) in [7, 11) is 3.69. The van der Waals surface area contributed by atoms with E-state index in [1.807, 2.05) is 39.2 Å². The number of nitrogens with two attached hydrogens (primary N) is 1. The van der Waals surface area contributed by atoms with Crippen LogP contribution in [0.15, 0.2) is 30.3 Å². The molecule has 0 fully saturated rings. The topological polar surface area (TPSA) is 97.0 Å². The van der Waals surface area contributed by atoms with Crippen LogP contribution in [0.5, 0.6) is 0 Å². The Morgan fingerprint density at radius 3 is 2.65 bits per heavy atom. The lowest BCUT2D eigenvalue weighted by molar-refractivity contribution is -0.119. The molecule has 0 aliphatic carbocycles. The number of nitrogen functional groups attached to an aromatic ring is 1. The minimum absolute atomic E-state index is 0.0189. The second kappa shape index (κ2) is 9.96. The van der Waals surface area contributed by atoms with Gasteiger partial charge in [0.25, 0.3) is 0 Å². The van der Waals surface area contributed by atoms with Crippen LogP contribution >= 0.6 is 11.8 Å². The van der Waals surface area contributed by atoms with E-state index in [-0.39, 0.29) is 17.9 Å². The number of thioether (sulfide) groups is 1. The summed E-state index contributed by atoms with van der Waals surface area (Å²) in [5, 5.41) is 3.03. The molecule has 1 atom stereocenters. The zero-order valence-electron chi connectivity index (χ0n) is 15.5. The molecule has 2 rings (SSSR count). The molecule has 0 spiro atoms. The van der Waals surface area contributed by atoms with Crippen molar-refractivity contribution in [2.24, 2.45) is 0 Å². The number of carbonyl (C=O) groups excluding carboxylic acids is 1. The largest absolute Gasteiger partial charge is 0.368 e. The van der Waals surface area contributed by atoms with Gasteiger partial charge in [0.05, 0.1) is 11.5 Å². The zero-order chi connectivity index (χ0) is 18.9. The number of anilines is 2. The average Bonchev–Trinajstić information content (AvgIpc) is 2.60. The molecule has 0 radical (unpaired) electrons. The molecular weight excluding hydrogens is 348 g/mol. The third-order valence-electron chi connectivity index (χ3n) is 3.67. The second-order valence-corrected chi connectivity index (χ2v) is 7.28. The summed E-state index contributed by atoms with van der Waals surface area (Å²) < 4.78 is 0. The van der Waals surface area contributed by atoms with E-state index < -0.39 is 0 Å². The van der Waals surface area contributed by atoms with Gasteiger partial charge in [0.1, 0.15) is 5.82 Å². The van der Waals surface area contributed by atoms with Gasteiger partial charge < -0.3 is 16.0 Å². The summed E-state index contributed by atoms with van der Waals surface area (Å²) in [6, 6.07) is 10.4. The molecule has 0 saturated carbocycles. The van der Waals surface area contributed by atoms with Crippen molar-refractivity contribution in [2.45, 2.75) is 31.6 Å². The Morgan fingerprint density at radius 2 is 1.96 bits per heavy atom. The first-order valence-corrected chi connectivity index (χ1v) is 9.68. The normalized spacial score (nSPS) is 11.8. The smallest absolute Gasteiger partial charge is 0.230 e. The highest BCUT2D eigenvalue weighted by Crippen LogP contribution is 2.12. The van der Waals surface area contributed by atoms with E-state index in [1.54, 1.807) is 4.90 Å². The molecule has 1 amide bonds. The molecule has 1 aromatic heterocycles. The molecule has 0 aliphatic heterocycles. The van der Waals surface area contributed by atoms with Gasteiger partial charge >= 0.3 is 0 Å². The van der Waals surface area contributed by atoms with E-state index in [4.69, 9.17) is 5.73 Å². The van der Waals surface area contributed by atoms with Crippen LogP contribution in [-0.2, 0) is 17.0 Å². The van der Waals surface area contributed by atoms with Gasteiger partial charge in [-0.25, -0.2) is 0 Å². The molecule has 3 N–H and O–H groups in total. The number of rotatable bonds is 9. The fourth-order valence-corrected chi connectivity index (χ4v) is 3.02. The first-order chi connectivity index (χ1) is 12.4. The van der Waals surface area contributed by atoms with E-state index in [0.29, 0.717) is 23.3 Å². The Balaban J connectivity index is 1.71. The lowest BCUT2D eigenvalue weighted by atomic mass is 10.1. The summed E-state index contributed by atoms with van der Waals surface area (Å²) >= 11 is 1.46. The van der Waals surface area contributed by atoms with E-state index in [9.17, 15) is 4.79 Å². The number of hydrogen-bond donors (Lipinski definition) is 2. The predicted octanol–water partition coefficient (Wildman–Crippen LogP) is 1.89. The second-order valence-electron chi connectivity index (χ2n) is 6.29. The van der Waals surface area contributed by atoms with Crippen LogP contribution in [0.2, 0.25) is 0 Å². The van der Waals surface area contributed by atoms with Crippen LogP contribution < -0.4 is 16.0 Å².